The van der Waals surface area contributed by atoms with E-state index < -0.39 is 18.2 Å². The predicted molar refractivity (Wildman–Crippen MR) is 78.1 cm³/mol. The fourth-order valence-corrected chi connectivity index (χ4v) is 1.58. The van der Waals surface area contributed by atoms with E-state index in [-0.39, 0.29) is 13.2 Å². The molecular formula is C16H20O4. The minimum Gasteiger partial charge on any atom is -0.464 e. The Kier molecular flexibility index (Phi) is 7.32. The molecule has 0 heterocycles. The second-order valence-corrected chi connectivity index (χ2v) is 4.06. The first-order chi connectivity index (χ1) is 9.69. The largest absolute Gasteiger partial charge is 0.464 e. The van der Waals surface area contributed by atoms with Crippen LogP contribution in [0.25, 0.3) is 6.08 Å². The summed E-state index contributed by atoms with van der Waals surface area (Å²) in [6.07, 6.45) is 2.63. The van der Waals surface area contributed by atoms with Crippen LogP contribution >= 0.6 is 0 Å². The maximum absolute atomic E-state index is 11.7. The summed E-state index contributed by atoms with van der Waals surface area (Å²) in [6, 6.07) is 9.48. The second-order valence-electron chi connectivity index (χ2n) is 4.06. The highest BCUT2D eigenvalue weighted by Gasteiger charge is 2.26. The first-order valence-electron chi connectivity index (χ1n) is 6.49. The summed E-state index contributed by atoms with van der Waals surface area (Å²) in [5.74, 6) is -0.584. The Bertz CT molecular complexity index is 439. The lowest BCUT2D eigenvalue weighted by Gasteiger charge is -2.18. The maximum atomic E-state index is 11.7. The average Bonchev–Trinajstić information content (AvgIpc) is 2.47. The maximum Gasteiger partial charge on any atom is 0.338 e. The Morgan fingerprint density at radius 3 is 2.70 bits per heavy atom. The van der Waals surface area contributed by atoms with Crippen molar-refractivity contribution in [1.82, 2.24) is 0 Å². The number of ether oxygens (including phenoxy) is 2. The molecule has 4 nitrogen and oxygen atoms in total. The number of hydrogen-bond acceptors (Lipinski definition) is 4. The van der Waals surface area contributed by atoms with Crippen LogP contribution in [0.4, 0.5) is 0 Å². The van der Waals surface area contributed by atoms with Crippen molar-refractivity contribution in [1.29, 1.82) is 0 Å². The molecule has 0 fully saturated rings. The van der Waals surface area contributed by atoms with Gasteiger partial charge in [0.15, 0.2) is 6.10 Å². The number of aliphatic hydroxyl groups excluding tert-OH is 1. The Balaban J connectivity index is 2.71. The summed E-state index contributed by atoms with van der Waals surface area (Å²) < 4.78 is 10.1. The lowest BCUT2D eigenvalue weighted by Crippen LogP contribution is -2.37. The van der Waals surface area contributed by atoms with Crippen LogP contribution < -0.4 is 0 Å². The fraction of sp³-hybridized carbons (Fsp3) is 0.312. The van der Waals surface area contributed by atoms with Crippen LogP contribution in [-0.4, -0.2) is 36.5 Å². The molecular weight excluding hydrogens is 256 g/mol. The van der Waals surface area contributed by atoms with Crippen molar-refractivity contribution in [2.45, 2.75) is 19.1 Å². The monoisotopic (exact) mass is 276 g/mol. The zero-order valence-electron chi connectivity index (χ0n) is 11.6. The summed E-state index contributed by atoms with van der Waals surface area (Å²) >= 11 is 0. The molecule has 1 aromatic carbocycles. The number of hydrogen-bond donors (Lipinski definition) is 1. The number of carbonyl (C=O) groups excluding carboxylic acids is 1. The number of aliphatic hydroxyl groups is 1. The van der Waals surface area contributed by atoms with Crippen molar-refractivity contribution < 1.29 is 19.4 Å². The van der Waals surface area contributed by atoms with E-state index >= 15 is 0 Å². The van der Waals surface area contributed by atoms with E-state index in [4.69, 9.17) is 9.47 Å². The van der Waals surface area contributed by atoms with Crippen molar-refractivity contribution in [3.63, 3.8) is 0 Å². The number of esters is 1. The van der Waals surface area contributed by atoms with E-state index in [9.17, 15) is 9.90 Å². The molecule has 0 amide bonds. The van der Waals surface area contributed by atoms with Gasteiger partial charge in [-0.3, -0.25) is 0 Å². The van der Waals surface area contributed by atoms with E-state index in [1.807, 2.05) is 30.3 Å². The summed E-state index contributed by atoms with van der Waals surface area (Å²) in [6.45, 7) is 5.62. The van der Waals surface area contributed by atoms with Crippen molar-refractivity contribution in [3.8, 4) is 0 Å². The smallest absolute Gasteiger partial charge is 0.338 e. The molecule has 0 aliphatic carbocycles. The minimum atomic E-state index is -1.07. The summed E-state index contributed by atoms with van der Waals surface area (Å²) in [5.41, 5.74) is 0.929. The molecule has 2 atom stereocenters. The van der Waals surface area contributed by atoms with Crippen LogP contribution in [0.15, 0.2) is 49.1 Å². The standard InChI is InChI=1S/C16H20O4/c1-3-12-20-15(16(18)19-4-2)14(17)11-10-13-8-6-5-7-9-13/h3,5-11,14-15,17H,1,4,12H2,2H3/b11-10+. The van der Waals surface area contributed by atoms with Crippen molar-refractivity contribution in [3.05, 3.63) is 54.6 Å². The molecule has 4 heteroatoms. The molecule has 0 aromatic heterocycles. The molecule has 20 heavy (non-hydrogen) atoms. The Morgan fingerprint density at radius 2 is 2.10 bits per heavy atom. The first-order valence-corrected chi connectivity index (χ1v) is 6.49. The Morgan fingerprint density at radius 1 is 1.40 bits per heavy atom. The van der Waals surface area contributed by atoms with E-state index in [0.29, 0.717) is 0 Å². The number of benzene rings is 1. The third-order valence-electron chi connectivity index (χ3n) is 2.51. The van der Waals surface area contributed by atoms with E-state index in [0.717, 1.165) is 5.56 Å². The molecule has 0 aliphatic heterocycles. The van der Waals surface area contributed by atoms with Gasteiger partial charge in [-0.05, 0) is 12.5 Å². The van der Waals surface area contributed by atoms with Gasteiger partial charge in [0, 0.05) is 0 Å². The van der Waals surface area contributed by atoms with Crippen molar-refractivity contribution >= 4 is 12.0 Å². The Labute approximate surface area is 119 Å². The van der Waals surface area contributed by atoms with Crippen LogP contribution in [0, 0.1) is 0 Å². The van der Waals surface area contributed by atoms with Crippen LogP contribution in [0.5, 0.6) is 0 Å². The molecule has 0 saturated heterocycles. The average molecular weight is 276 g/mol. The van der Waals surface area contributed by atoms with E-state index in [1.54, 1.807) is 13.0 Å². The van der Waals surface area contributed by atoms with Crippen molar-refractivity contribution in [2.75, 3.05) is 13.2 Å². The molecule has 0 bridgehead atoms. The fourth-order valence-electron chi connectivity index (χ4n) is 1.58. The highest BCUT2D eigenvalue weighted by Crippen LogP contribution is 2.08. The van der Waals surface area contributed by atoms with Crippen LogP contribution in [0.3, 0.4) is 0 Å². The second kappa shape index (κ2) is 9.07. The number of rotatable bonds is 8. The van der Waals surface area contributed by atoms with E-state index in [1.165, 1.54) is 12.2 Å². The third-order valence-corrected chi connectivity index (χ3v) is 2.51. The molecule has 1 N–H and O–H groups in total. The van der Waals surface area contributed by atoms with Gasteiger partial charge in [-0.2, -0.15) is 0 Å². The number of carbonyl (C=O) groups is 1. The summed E-state index contributed by atoms with van der Waals surface area (Å²) in [5, 5.41) is 10.0. The van der Waals surface area contributed by atoms with Gasteiger partial charge in [0.2, 0.25) is 0 Å². The molecule has 0 aliphatic rings. The molecule has 0 saturated carbocycles. The SMILES string of the molecule is C=CCOC(C(=O)OCC)C(O)/C=C/c1ccccc1. The Hall–Kier alpha value is -1.91. The van der Waals surface area contributed by atoms with E-state index in [2.05, 4.69) is 6.58 Å². The normalized spacial score (nSPS) is 13.9. The third kappa shape index (κ3) is 5.38. The lowest BCUT2D eigenvalue weighted by atomic mass is 10.1. The zero-order chi connectivity index (χ0) is 14.8. The van der Waals surface area contributed by atoms with Gasteiger partial charge in [-0.1, -0.05) is 48.6 Å². The predicted octanol–water partition coefficient (Wildman–Crippen LogP) is 2.20. The highest BCUT2D eigenvalue weighted by atomic mass is 16.6. The molecule has 0 spiro atoms. The van der Waals surface area contributed by atoms with Crippen LogP contribution in [0.1, 0.15) is 12.5 Å². The topological polar surface area (TPSA) is 55.8 Å². The molecule has 1 aromatic rings. The quantitative estimate of drug-likeness (QED) is 0.584. The molecule has 0 radical (unpaired) electrons. The first kappa shape index (κ1) is 16.1. The van der Waals surface area contributed by atoms with Gasteiger partial charge in [0.25, 0.3) is 0 Å². The summed E-state index contributed by atoms with van der Waals surface area (Å²) in [7, 11) is 0. The van der Waals surface area contributed by atoms with Crippen LogP contribution in [0.2, 0.25) is 0 Å². The van der Waals surface area contributed by atoms with Gasteiger partial charge in [0.1, 0.15) is 6.10 Å². The van der Waals surface area contributed by atoms with Gasteiger partial charge in [-0.15, -0.1) is 6.58 Å². The van der Waals surface area contributed by atoms with Gasteiger partial charge in [-0.25, -0.2) is 4.79 Å². The van der Waals surface area contributed by atoms with Gasteiger partial charge < -0.3 is 14.6 Å². The zero-order valence-corrected chi connectivity index (χ0v) is 11.6. The molecule has 1 rings (SSSR count). The van der Waals surface area contributed by atoms with Crippen LogP contribution in [-0.2, 0) is 14.3 Å². The minimum absolute atomic E-state index is 0.166. The molecule has 108 valence electrons. The van der Waals surface area contributed by atoms with Crippen molar-refractivity contribution in [2.24, 2.45) is 0 Å². The van der Waals surface area contributed by atoms with Gasteiger partial charge in [0.05, 0.1) is 13.2 Å². The summed E-state index contributed by atoms with van der Waals surface area (Å²) in [4.78, 5) is 11.7. The molecule has 2 unspecified atom stereocenters. The van der Waals surface area contributed by atoms with Gasteiger partial charge >= 0.3 is 5.97 Å². The highest BCUT2D eigenvalue weighted by molar-refractivity contribution is 5.76. The lowest BCUT2D eigenvalue weighted by molar-refractivity contribution is -0.161.